The predicted octanol–water partition coefficient (Wildman–Crippen LogP) is 2.58. The molecular formula is C12H25NO. The molecule has 0 saturated heterocycles. The van der Waals surface area contributed by atoms with Crippen molar-refractivity contribution >= 4 is 0 Å². The second-order valence-electron chi connectivity index (χ2n) is 4.66. The van der Waals surface area contributed by atoms with Gasteiger partial charge < -0.3 is 10.1 Å². The molecule has 0 bridgehead atoms. The lowest BCUT2D eigenvalue weighted by Crippen LogP contribution is -2.29. The highest BCUT2D eigenvalue weighted by atomic mass is 16.5. The van der Waals surface area contributed by atoms with Gasteiger partial charge in [0.15, 0.2) is 0 Å². The summed E-state index contributed by atoms with van der Waals surface area (Å²) in [5.41, 5.74) is 0.595. The molecule has 0 atom stereocenters. The van der Waals surface area contributed by atoms with Gasteiger partial charge in [-0.2, -0.15) is 0 Å². The van der Waals surface area contributed by atoms with E-state index in [1.165, 1.54) is 44.9 Å². The molecule has 0 aliphatic heterocycles. The second-order valence-corrected chi connectivity index (χ2v) is 4.66. The summed E-state index contributed by atoms with van der Waals surface area (Å²) in [6.45, 7) is 2.09. The Morgan fingerprint density at radius 1 is 1.14 bits per heavy atom. The van der Waals surface area contributed by atoms with Crippen LogP contribution < -0.4 is 5.32 Å². The number of hydrogen-bond donors (Lipinski definition) is 1. The van der Waals surface area contributed by atoms with Crippen molar-refractivity contribution in [3.63, 3.8) is 0 Å². The SMILES string of the molecule is CNCCC1(CCOC)CCCCC1. The number of methoxy groups -OCH3 is 1. The molecule has 1 saturated carbocycles. The second kappa shape index (κ2) is 6.41. The number of rotatable bonds is 6. The maximum atomic E-state index is 5.23. The lowest BCUT2D eigenvalue weighted by molar-refractivity contribution is 0.0951. The molecule has 0 aromatic carbocycles. The van der Waals surface area contributed by atoms with Crippen LogP contribution in [0.5, 0.6) is 0 Å². The van der Waals surface area contributed by atoms with E-state index in [0.717, 1.165) is 13.2 Å². The van der Waals surface area contributed by atoms with Gasteiger partial charge in [0.05, 0.1) is 0 Å². The van der Waals surface area contributed by atoms with Crippen LogP contribution in [-0.2, 0) is 4.74 Å². The minimum Gasteiger partial charge on any atom is -0.385 e. The zero-order chi connectivity index (χ0) is 10.3. The van der Waals surface area contributed by atoms with Gasteiger partial charge in [-0.15, -0.1) is 0 Å². The molecule has 1 fully saturated rings. The number of nitrogens with one attached hydrogen (secondary N) is 1. The number of ether oxygens (including phenoxy) is 1. The van der Waals surface area contributed by atoms with E-state index < -0.39 is 0 Å². The Morgan fingerprint density at radius 2 is 1.86 bits per heavy atom. The summed E-state index contributed by atoms with van der Waals surface area (Å²) in [6, 6.07) is 0. The van der Waals surface area contributed by atoms with Crippen LogP contribution >= 0.6 is 0 Å². The van der Waals surface area contributed by atoms with Gasteiger partial charge in [0.2, 0.25) is 0 Å². The summed E-state index contributed by atoms with van der Waals surface area (Å²) >= 11 is 0. The minimum atomic E-state index is 0.595. The van der Waals surface area contributed by atoms with Gasteiger partial charge in [-0.05, 0) is 44.7 Å². The first-order valence-corrected chi connectivity index (χ1v) is 5.96. The highest BCUT2D eigenvalue weighted by molar-refractivity contribution is 4.83. The average molecular weight is 199 g/mol. The summed E-state index contributed by atoms with van der Waals surface area (Å²) < 4.78 is 5.23. The van der Waals surface area contributed by atoms with Crippen LogP contribution in [0.15, 0.2) is 0 Å². The summed E-state index contributed by atoms with van der Waals surface area (Å²) in [5, 5.41) is 3.28. The molecule has 0 spiro atoms. The van der Waals surface area contributed by atoms with Crippen LogP contribution in [0, 0.1) is 5.41 Å². The third-order valence-corrected chi connectivity index (χ3v) is 3.66. The zero-order valence-electron chi connectivity index (χ0n) is 9.77. The zero-order valence-corrected chi connectivity index (χ0v) is 9.77. The van der Waals surface area contributed by atoms with E-state index >= 15 is 0 Å². The summed E-state index contributed by atoms with van der Waals surface area (Å²) in [6.07, 6.45) is 9.70. The van der Waals surface area contributed by atoms with Crippen molar-refractivity contribution in [2.45, 2.75) is 44.9 Å². The maximum absolute atomic E-state index is 5.23. The molecule has 1 N–H and O–H groups in total. The van der Waals surface area contributed by atoms with Crippen molar-refractivity contribution in [1.29, 1.82) is 0 Å². The fourth-order valence-electron chi connectivity index (χ4n) is 2.64. The Balaban J connectivity index is 2.39. The maximum Gasteiger partial charge on any atom is 0.0467 e. The van der Waals surface area contributed by atoms with Crippen molar-refractivity contribution in [3.8, 4) is 0 Å². The molecule has 2 nitrogen and oxygen atoms in total. The summed E-state index contributed by atoms with van der Waals surface area (Å²) in [7, 11) is 3.86. The Kier molecular flexibility index (Phi) is 5.49. The van der Waals surface area contributed by atoms with E-state index in [2.05, 4.69) is 5.32 Å². The molecule has 84 valence electrons. The molecule has 1 aliphatic rings. The minimum absolute atomic E-state index is 0.595. The monoisotopic (exact) mass is 199 g/mol. The molecule has 14 heavy (non-hydrogen) atoms. The van der Waals surface area contributed by atoms with Gasteiger partial charge in [0, 0.05) is 13.7 Å². The van der Waals surface area contributed by atoms with Gasteiger partial charge in [0.25, 0.3) is 0 Å². The van der Waals surface area contributed by atoms with Crippen LogP contribution in [0.1, 0.15) is 44.9 Å². The van der Waals surface area contributed by atoms with Crippen molar-refractivity contribution < 1.29 is 4.74 Å². The molecule has 0 unspecified atom stereocenters. The predicted molar refractivity (Wildman–Crippen MR) is 60.6 cm³/mol. The highest BCUT2D eigenvalue weighted by Gasteiger charge is 2.30. The molecule has 1 aliphatic carbocycles. The highest BCUT2D eigenvalue weighted by Crippen LogP contribution is 2.41. The molecule has 2 heteroatoms. The first-order chi connectivity index (χ1) is 6.83. The average Bonchev–Trinajstić information content (AvgIpc) is 2.25. The van der Waals surface area contributed by atoms with Crippen molar-refractivity contribution in [2.24, 2.45) is 5.41 Å². The molecule has 0 aromatic heterocycles. The molecule has 0 amide bonds. The van der Waals surface area contributed by atoms with E-state index in [1.807, 2.05) is 14.2 Å². The topological polar surface area (TPSA) is 21.3 Å². The van der Waals surface area contributed by atoms with E-state index in [4.69, 9.17) is 4.74 Å². The largest absolute Gasteiger partial charge is 0.385 e. The molecule has 1 rings (SSSR count). The molecule has 0 heterocycles. The number of hydrogen-bond acceptors (Lipinski definition) is 2. The lowest BCUT2D eigenvalue weighted by atomic mass is 9.70. The normalized spacial score (nSPS) is 21.0. The van der Waals surface area contributed by atoms with Crippen LogP contribution in [-0.4, -0.2) is 27.3 Å². The van der Waals surface area contributed by atoms with Crippen LogP contribution in [0.4, 0.5) is 0 Å². The van der Waals surface area contributed by atoms with Gasteiger partial charge in [-0.1, -0.05) is 19.3 Å². The Morgan fingerprint density at radius 3 is 2.43 bits per heavy atom. The first-order valence-electron chi connectivity index (χ1n) is 5.96. The lowest BCUT2D eigenvalue weighted by Gasteiger charge is -2.37. The third kappa shape index (κ3) is 3.58. The third-order valence-electron chi connectivity index (χ3n) is 3.66. The molecule has 0 aromatic rings. The summed E-state index contributed by atoms with van der Waals surface area (Å²) in [4.78, 5) is 0. The van der Waals surface area contributed by atoms with E-state index in [9.17, 15) is 0 Å². The standard InChI is InChI=1S/C12H25NO/c1-13-10-8-12(9-11-14-2)6-4-3-5-7-12/h13H,3-11H2,1-2H3. The van der Waals surface area contributed by atoms with Gasteiger partial charge >= 0.3 is 0 Å². The summed E-state index contributed by atoms with van der Waals surface area (Å²) in [5.74, 6) is 0. The van der Waals surface area contributed by atoms with Crippen molar-refractivity contribution in [2.75, 3.05) is 27.3 Å². The van der Waals surface area contributed by atoms with Crippen molar-refractivity contribution in [3.05, 3.63) is 0 Å². The Bertz CT molecular complexity index is 131. The molecular weight excluding hydrogens is 174 g/mol. The van der Waals surface area contributed by atoms with Crippen LogP contribution in [0.3, 0.4) is 0 Å². The van der Waals surface area contributed by atoms with Gasteiger partial charge in [-0.25, -0.2) is 0 Å². The van der Waals surface area contributed by atoms with Gasteiger partial charge in [-0.3, -0.25) is 0 Å². The fourth-order valence-corrected chi connectivity index (χ4v) is 2.64. The van der Waals surface area contributed by atoms with E-state index in [-0.39, 0.29) is 0 Å². The van der Waals surface area contributed by atoms with Crippen LogP contribution in [0.25, 0.3) is 0 Å². The van der Waals surface area contributed by atoms with Gasteiger partial charge in [0.1, 0.15) is 0 Å². The smallest absolute Gasteiger partial charge is 0.0467 e. The Hall–Kier alpha value is -0.0800. The van der Waals surface area contributed by atoms with E-state index in [0.29, 0.717) is 5.41 Å². The van der Waals surface area contributed by atoms with Crippen LogP contribution in [0.2, 0.25) is 0 Å². The van der Waals surface area contributed by atoms with Crippen molar-refractivity contribution in [1.82, 2.24) is 5.32 Å². The quantitative estimate of drug-likeness (QED) is 0.710. The Labute approximate surface area is 88.4 Å². The van der Waals surface area contributed by atoms with E-state index in [1.54, 1.807) is 0 Å². The fraction of sp³-hybridized carbons (Fsp3) is 1.00. The molecule has 0 radical (unpaired) electrons. The first kappa shape index (κ1) is 12.0.